The van der Waals surface area contributed by atoms with Gasteiger partial charge < -0.3 is 9.47 Å². The smallest absolute Gasteiger partial charge is 0.0784 e. The maximum atomic E-state index is 5.45. The van der Waals surface area contributed by atoms with Crippen LogP contribution >= 0.6 is 0 Å². The molecule has 0 saturated carbocycles. The van der Waals surface area contributed by atoms with E-state index in [-0.39, 0.29) is 18.3 Å². The van der Waals surface area contributed by atoms with Gasteiger partial charge in [-0.05, 0) is 34.6 Å². The molecular weight excluding hydrogens is 140 g/mol. The van der Waals surface area contributed by atoms with Crippen molar-refractivity contribution >= 4 is 0 Å². The maximum Gasteiger partial charge on any atom is 0.0784 e. The molecule has 2 unspecified atom stereocenters. The Morgan fingerprint density at radius 2 is 1.73 bits per heavy atom. The molecule has 0 aliphatic heterocycles. The first-order chi connectivity index (χ1) is 5.02. The van der Waals surface area contributed by atoms with Gasteiger partial charge in [0, 0.05) is 0 Å². The lowest BCUT2D eigenvalue weighted by Crippen LogP contribution is -2.22. The van der Waals surface area contributed by atoms with Crippen molar-refractivity contribution in [2.75, 3.05) is 6.61 Å². The number of hydrogen-bond acceptors (Lipinski definition) is 2. The molecule has 1 radical (unpaired) electrons. The summed E-state index contributed by atoms with van der Waals surface area (Å²) in [6.07, 6.45) is 0.487. The fourth-order valence-corrected chi connectivity index (χ4v) is 0.804. The minimum Gasteiger partial charge on any atom is -0.376 e. The quantitative estimate of drug-likeness (QED) is 0.611. The van der Waals surface area contributed by atoms with E-state index in [9.17, 15) is 0 Å². The van der Waals surface area contributed by atoms with Gasteiger partial charge in [0.25, 0.3) is 0 Å². The van der Waals surface area contributed by atoms with E-state index in [0.29, 0.717) is 6.61 Å². The van der Waals surface area contributed by atoms with Crippen LogP contribution in [0.25, 0.3) is 0 Å². The highest BCUT2D eigenvalue weighted by Gasteiger charge is 2.05. The van der Waals surface area contributed by atoms with Crippen molar-refractivity contribution in [3.63, 3.8) is 0 Å². The van der Waals surface area contributed by atoms with Crippen LogP contribution in [-0.4, -0.2) is 24.9 Å². The van der Waals surface area contributed by atoms with Crippen molar-refractivity contribution in [3.05, 3.63) is 6.92 Å². The molecule has 0 rings (SSSR count). The third-order valence-corrected chi connectivity index (χ3v) is 1.12. The van der Waals surface area contributed by atoms with Crippen LogP contribution in [0.15, 0.2) is 0 Å². The summed E-state index contributed by atoms with van der Waals surface area (Å²) in [5, 5.41) is 0. The van der Waals surface area contributed by atoms with E-state index in [1.165, 1.54) is 0 Å². The van der Waals surface area contributed by atoms with Gasteiger partial charge in [0.15, 0.2) is 0 Å². The summed E-state index contributed by atoms with van der Waals surface area (Å²) in [6, 6.07) is 0. The summed E-state index contributed by atoms with van der Waals surface area (Å²) >= 11 is 0. The molecule has 2 atom stereocenters. The molecule has 0 heterocycles. The molecule has 2 nitrogen and oxygen atoms in total. The molecule has 0 aromatic carbocycles. The number of rotatable bonds is 5. The van der Waals surface area contributed by atoms with Crippen LogP contribution < -0.4 is 0 Å². The summed E-state index contributed by atoms with van der Waals surface area (Å²) in [7, 11) is 0. The molecule has 67 valence electrons. The predicted molar refractivity (Wildman–Crippen MR) is 46.5 cm³/mol. The topological polar surface area (TPSA) is 18.5 Å². The fourth-order valence-electron chi connectivity index (χ4n) is 0.804. The lowest BCUT2D eigenvalue weighted by Gasteiger charge is -2.17. The highest BCUT2D eigenvalue weighted by molar-refractivity contribution is 4.54. The molecule has 0 aromatic heterocycles. The van der Waals surface area contributed by atoms with Gasteiger partial charge in [0.2, 0.25) is 0 Å². The zero-order valence-corrected chi connectivity index (χ0v) is 7.96. The van der Waals surface area contributed by atoms with Gasteiger partial charge >= 0.3 is 0 Å². The first-order valence-corrected chi connectivity index (χ1v) is 4.12. The van der Waals surface area contributed by atoms with Crippen molar-refractivity contribution in [1.82, 2.24) is 0 Å². The second-order valence-electron chi connectivity index (χ2n) is 3.14. The minimum atomic E-state index is 0.0493. The van der Waals surface area contributed by atoms with Crippen LogP contribution in [0.1, 0.15) is 27.7 Å². The van der Waals surface area contributed by atoms with Gasteiger partial charge in [-0.25, -0.2) is 0 Å². The fraction of sp³-hybridized carbons (Fsp3) is 0.889. The Morgan fingerprint density at radius 3 is 2.09 bits per heavy atom. The summed E-state index contributed by atoms with van der Waals surface area (Å²) in [5.41, 5.74) is 0. The van der Waals surface area contributed by atoms with E-state index >= 15 is 0 Å². The van der Waals surface area contributed by atoms with E-state index in [1.54, 1.807) is 0 Å². The normalized spacial score (nSPS) is 14.5. The van der Waals surface area contributed by atoms with Gasteiger partial charge in [-0.1, -0.05) is 0 Å². The van der Waals surface area contributed by atoms with E-state index in [4.69, 9.17) is 9.47 Å². The molecule has 0 fully saturated rings. The van der Waals surface area contributed by atoms with Crippen LogP contribution in [0.5, 0.6) is 0 Å². The molecule has 0 saturated heterocycles. The third-order valence-electron chi connectivity index (χ3n) is 1.12. The Morgan fingerprint density at radius 1 is 1.18 bits per heavy atom. The van der Waals surface area contributed by atoms with Crippen molar-refractivity contribution in [1.29, 1.82) is 0 Å². The Hall–Kier alpha value is -0.0800. The van der Waals surface area contributed by atoms with Gasteiger partial charge in [0.1, 0.15) is 0 Å². The van der Waals surface area contributed by atoms with Crippen LogP contribution in [-0.2, 0) is 9.47 Å². The molecule has 11 heavy (non-hydrogen) atoms. The van der Waals surface area contributed by atoms with Gasteiger partial charge in [0.05, 0.1) is 24.9 Å². The van der Waals surface area contributed by atoms with Crippen LogP contribution in [0.2, 0.25) is 0 Å². The summed E-state index contributed by atoms with van der Waals surface area (Å²) in [4.78, 5) is 0. The largest absolute Gasteiger partial charge is 0.376 e. The SMILES string of the molecule is [CH2]C(C)OCC(C)OC(C)C. The molecule has 0 aliphatic carbocycles. The summed E-state index contributed by atoms with van der Waals surface area (Å²) in [6.45, 7) is 12.3. The highest BCUT2D eigenvalue weighted by atomic mass is 16.5. The van der Waals surface area contributed by atoms with Crippen molar-refractivity contribution in [2.24, 2.45) is 0 Å². The van der Waals surface area contributed by atoms with E-state index in [0.717, 1.165) is 0 Å². The Kier molecular flexibility index (Phi) is 5.51. The number of ether oxygens (including phenoxy) is 2. The molecule has 2 heteroatoms. The van der Waals surface area contributed by atoms with Crippen LogP contribution in [0, 0.1) is 6.92 Å². The monoisotopic (exact) mass is 159 g/mol. The molecule has 0 amide bonds. The lowest BCUT2D eigenvalue weighted by molar-refractivity contribution is -0.0448. The zero-order valence-electron chi connectivity index (χ0n) is 7.96. The molecule has 0 aromatic rings. The van der Waals surface area contributed by atoms with Gasteiger partial charge in [-0.15, -0.1) is 0 Å². The van der Waals surface area contributed by atoms with E-state index in [2.05, 4.69) is 6.92 Å². The molecule has 0 aliphatic rings. The standard InChI is InChI=1S/C9H19O2/c1-7(2)10-6-9(5)11-8(3)4/h7-9H,1,6H2,2-5H3. The highest BCUT2D eigenvalue weighted by Crippen LogP contribution is 1.99. The first-order valence-electron chi connectivity index (χ1n) is 4.12. The second kappa shape index (κ2) is 5.56. The second-order valence-corrected chi connectivity index (χ2v) is 3.14. The average Bonchev–Trinajstić information content (AvgIpc) is 1.82. The molecule has 0 spiro atoms. The summed E-state index contributed by atoms with van der Waals surface area (Å²) in [5.74, 6) is 0. The number of hydrogen-bond donors (Lipinski definition) is 0. The molecule has 0 N–H and O–H groups in total. The molecular formula is C9H19O2. The summed E-state index contributed by atoms with van der Waals surface area (Å²) < 4.78 is 10.7. The minimum absolute atomic E-state index is 0.0493. The van der Waals surface area contributed by atoms with Gasteiger partial charge in [-0.3, -0.25) is 0 Å². The average molecular weight is 159 g/mol. The van der Waals surface area contributed by atoms with E-state index in [1.807, 2.05) is 27.7 Å². The maximum absolute atomic E-state index is 5.45. The van der Waals surface area contributed by atoms with Gasteiger partial charge in [-0.2, -0.15) is 0 Å². The van der Waals surface area contributed by atoms with Crippen molar-refractivity contribution in [2.45, 2.75) is 46.0 Å². The Balaban J connectivity index is 3.29. The van der Waals surface area contributed by atoms with Crippen molar-refractivity contribution in [3.8, 4) is 0 Å². The van der Waals surface area contributed by atoms with E-state index < -0.39 is 0 Å². The lowest BCUT2D eigenvalue weighted by atomic mass is 10.4. The first kappa shape index (κ1) is 10.9. The predicted octanol–water partition coefficient (Wildman–Crippen LogP) is 2.04. The molecule has 0 bridgehead atoms. The van der Waals surface area contributed by atoms with Crippen LogP contribution in [0.4, 0.5) is 0 Å². The Labute approximate surface area is 69.9 Å². The Bertz CT molecular complexity index is 89.6. The third kappa shape index (κ3) is 7.82. The zero-order chi connectivity index (χ0) is 8.85. The van der Waals surface area contributed by atoms with Crippen molar-refractivity contribution < 1.29 is 9.47 Å². The van der Waals surface area contributed by atoms with Crippen LogP contribution in [0.3, 0.4) is 0 Å².